The molecule has 0 aromatic carbocycles. The summed E-state index contributed by atoms with van der Waals surface area (Å²) in [4.78, 5) is 10.6. The van der Waals surface area contributed by atoms with E-state index >= 15 is 0 Å². The first-order chi connectivity index (χ1) is 5.09. The highest BCUT2D eigenvalue weighted by Crippen LogP contribution is 2.29. The van der Waals surface area contributed by atoms with Crippen LogP contribution in [0.15, 0.2) is 0 Å². The molecule has 64 valence electrons. The van der Waals surface area contributed by atoms with Gasteiger partial charge in [0.15, 0.2) is 0 Å². The second-order valence-corrected chi connectivity index (χ2v) is 3.37. The lowest BCUT2D eigenvalue weighted by atomic mass is 9.78. The van der Waals surface area contributed by atoms with Crippen LogP contribution in [0.2, 0.25) is 0 Å². The number of carbonyl (C=O) groups is 1. The van der Waals surface area contributed by atoms with E-state index in [0.29, 0.717) is 5.92 Å². The zero-order valence-corrected chi connectivity index (χ0v) is 7.00. The van der Waals surface area contributed by atoms with E-state index in [1.54, 1.807) is 0 Å². The lowest BCUT2D eigenvalue weighted by molar-refractivity contribution is -0.120. The highest BCUT2D eigenvalue weighted by molar-refractivity contribution is 5.73. The van der Waals surface area contributed by atoms with Gasteiger partial charge in [0.25, 0.3) is 0 Å². The second kappa shape index (κ2) is 3.22. The summed E-state index contributed by atoms with van der Waals surface area (Å²) in [6.45, 7) is 3.50. The predicted octanol–water partition coefficient (Wildman–Crippen LogP) is 0.282. The molecule has 1 rings (SSSR count). The van der Waals surface area contributed by atoms with Gasteiger partial charge in [0.2, 0.25) is 5.91 Å². The van der Waals surface area contributed by atoms with Gasteiger partial charge < -0.3 is 10.4 Å². The molecule has 1 aliphatic carbocycles. The fourth-order valence-electron chi connectivity index (χ4n) is 1.48. The number of hydrogen-bond donors (Lipinski definition) is 2. The Morgan fingerprint density at radius 1 is 1.64 bits per heavy atom. The average Bonchev–Trinajstić information content (AvgIpc) is 1.79. The Hall–Kier alpha value is -0.570. The molecule has 0 heterocycles. The van der Waals surface area contributed by atoms with Gasteiger partial charge in [0, 0.05) is 13.0 Å². The van der Waals surface area contributed by atoms with Crippen LogP contribution in [0.25, 0.3) is 0 Å². The highest BCUT2D eigenvalue weighted by atomic mass is 16.3. The van der Waals surface area contributed by atoms with Crippen molar-refractivity contribution >= 4 is 5.91 Å². The normalized spacial score (nSPS) is 32.3. The highest BCUT2D eigenvalue weighted by Gasteiger charge is 2.31. The maximum atomic E-state index is 10.6. The number of hydrogen-bond acceptors (Lipinski definition) is 2. The Balaban J connectivity index is 2.21. The van der Waals surface area contributed by atoms with Gasteiger partial charge in [-0.05, 0) is 25.7 Å². The van der Waals surface area contributed by atoms with Crippen molar-refractivity contribution in [2.75, 3.05) is 0 Å². The summed E-state index contributed by atoms with van der Waals surface area (Å²) in [5.74, 6) is 0.493. The molecule has 0 spiro atoms. The standard InChI is InChI=1S/C8H15NO2/c1-5(9-6(2)10)7-3-8(11)4-7/h5,7-8,11H,3-4H2,1-2H3,(H,9,10). The minimum absolute atomic E-state index is 0.0129. The van der Waals surface area contributed by atoms with Gasteiger partial charge in [0.1, 0.15) is 0 Å². The number of rotatable bonds is 2. The van der Waals surface area contributed by atoms with Gasteiger partial charge >= 0.3 is 0 Å². The summed E-state index contributed by atoms with van der Waals surface area (Å²) in [7, 11) is 0. The molecular weight excluding hydrogens is 142 g/mol. The topological polar surface area (TPSA) is 49.3 Å². The van der Waals surface area contributed by atoms with Crippen molar-refractivity contribution in [1.82, 2.24) is 5.32 Å². The quantitative estimate of drug-likeness (QED) is 0.605. The van der Waals surface area contributed by atoms with Crippen LogP contribution in [-0.4, -0.2) is 23.2 Å². The summed E-state index contributed by atoms with van der Waals surface area (Å²) in [6.07, 6.45) is 1.54. The zero-order valence-electron chi connectivity index (χ0n) is 7.00. The van der Waals surface area contributed by atoms with E-state index in [9.17, 15) is 4.79 Å². The van der Waals surface area contributed by atoms with E-state index < -0.39 is 0 Å². The molecule has 1 amide bonds. The van der Waals surface area contributed by atoms with Gasteiger partial charge in [-0.25, -0.2) is 0 Å². The molecule has 0 radical (unpaired) electrons. The fraction of sp³-hybridized carbons (Fsp3) is 0.875. The Labute approximate surface area is 66.8 Å². The fourth-order valence-corrected chi connectivity index (χ4v) is 1.48. The SMILES string of the molecule is CC(=O)NC(C)C1CC(O)C1. The largest absolute Gasteiger partial charge is 0.393 e. The van der Waals surface area contributed by atoms with Crippen LogP contribution in [0, 0.1) is 5.92 Å². The minimum atomic E-state index is -0.129. The molecule has 0 aliphatic heterocycles. The molecule has 3 nitrogen and oxygen atoms in total. The second-order valence-electron chi connectivity index (χ2n) is 3.37. The van der Waals surface area contributed by atoms with E-state index in [-0.39, 0.29) is 18.1 Å². The number of nitrogens with one attached hydrogen (secondary N) is 1. The van der Waals surface area contributed by atoms with Crippen LogP contribution in [0.5, 0.6) is 0 Å². The van der Waals surface area contributed by atoms with Gasteiger partial charge in [-0.2, -0.15) is 0 Å². The number of carbonyl (C=O) groups excluding carboxylic acids is 1. The van der Waals surface area contributed by atoms with Crippen LogP contribution in [0.4, 0.5) is 0 Å². The number of amides is 1. The maximum Gasteiger partial charge on any atom is 0.217 e. The molecule has 0 saturated heterocycles. The molecule has 11 heavy (non-hydrogen) atoms. The van der Waals surface area contributed by atoms with Crippen molar-refractivity contribution < 1.29 is 9.90 Å². The Morgan fingerprint density at radius 3 is 2.55 bits per heavy atom. The summed E-state index contributed by atoms with van der Waals surface area (Å²) < 4.78 is 0. The number of aliphatic hydroxyl groups is 1. The Kier molecular flexibility index (Phi) is 2.49. The van der Waals surface area contributed by atoms with Crippen molar-refractivity contribution in [2.24, 2.45) is 5.92 Å². The van der Waals surface area contributed by atoms with Crippen molar-refractivity contribution in [3.05, 3.63) is 0 Å². The third kappa shape index (κ3) is 2.19. The summed E-state index contributed by atoms with van der Waals surface area (Å²) in [5, 5.41) is 11.8. The van der Waals surface area contributed by atoms with E-state index in [0.717, 1.165) is 12.8 Å². The zero-order chi connectivity index (χ0) is 8.43. The summed E-state index contributed by atoms with van der Waals surface area (Å²) >= 11 is 0. The molecule has 2 N–H and O–H groups in total. The lowest BCUT2D eigenvalue weighted by Crippen LogP contribution is -2.44. The third-order valence-electron chi connectivity index (χ3n) is 2.29. The molecule has 0 aromatic rings. The first-order valence-electron chi connectivity index (χ1n) is 4.04. The van der Waals surface area contributed by atoms with E-state index in [2.05, 4.69) is 5.32 Å². The molecule has 1 atom stereocenters. The average molecular weight is 157 g/mol. The van der Waals surface area contributed by atoms with Crippen molar-refractivity contribution in [3.8, 4) is 0 Å². The molecule has 1 aliphatic rings. The van der Waals surface area contributed by atoms with Crippen molar-refractivity contribution in [2.45, 2.75) is 38.8 Å². The van der Waals surface area contributed by atoms with Crippen molar-refractivity contribution in [1.29, 1.82) is 0 Å². The maximum absolute atomic E-state index is 10.6. The predicted molar refractivity (Wildman–Crippen MR) is 42.0 cm³/mol. The van der Waals surface area contributed by atoms with E-state index in [1.165, 1.54) is 6.92 Å². The smallest absolute Gasteiger partial charge is 0.217 e. The van der Waals surface area contributed by atoms with Gasteiger partial charge in [-0.1, -0.05) is 0 Å². The van der Waals surface area contributed by atoms with Gasteiger partial charge in [-0.3, -0.25) is 4.79 Å². The van der Waals surface area contributed by atoms with Crippen LogP contribution < -0.4 is 5.32 Å². The molecule has 0 bridgehead atoms. The van der Waals surface area contributed by atoms with Crippen LogP contribution in [0.3, 0.4) is 0 Å². The monoisotopic (exact) mass is 157 g/mol. The third-order valence-corrected chi connectivity index (χ3v) is 2.29. The first-order valence-corrected chi connectivity index (χ1v) is 4.04. The Bertz CT molecular complexity index is 152. The summed E-state index contributed by atoms with van der Waals surface area (Å²) in [6, 6.07) is 0.218. The van der Waals surface area contributed by atoms with E-state index in [4.69, 9.17) is 5.11 Å². The van der Waals surface area contributed by atoms with Crippen LogP contribution in [0.1, 0.15) is 26.7 Å². The van der Waals surface area contributed by atoms with Crippen molar-refractivity contribution in [3.63, 3.8) is 0 Å². The molecule has 1 saturated carbocycles. The molecule has 1 fully saturated rings. The van der Waals surface area contributed by atoms with Gasteiger partial charge in [-0.15, -0.1) is 0 Å². The van der Waals surface area contributed by atoms with Gasteiger partial charge in [0.05, 0.1) is 6.10 Å². The molecule has 1 unspecified atom stereocenters. The summed E-state index contributed by atoms with van der Waals surface area (Å²) in [5.41, 5.74) is 0. The Morgan fingerprint density at radius 2 is 2.18 bits per heavy atom. The lowest BCUT2D eigenvalue weighted by Gasteiger charge is -2.36. The minimum Gasteiger partial charge on any atom is -0.393 e. The van der Waals surface area contributed by atoms with Crippen LogP contribution >= 0.6 is 0 Å². The molecule has 0 aromatic heterocycles. The molecular formula is C8H15NO2. The van der Waals surface area contributed by atoms with Crippen LogP contribution in [-0.2, 0) is 4.79 Å². The first kappa shape index (κ1) is 8.53. The molecule has 3 heteroatoms. The van der Waals surface area contributed by atoms with E-state index in [1.807, 2.05) is 6.92 Å². The number of aliphatic hydroxyl groups excluding tert-OH is 1.